The molecule has 146 valence electrons. The molecule has 1 aliphatic carbocycles. The molecule has 1 spiro atoms. The largest absolute Gasteiger partial charge is 0.506 e. The van der Waals surface area contributed by atoms with Crippen LogP contribution in [0.25, 0.3) is 0 Å². The highest BCUT2D eigenvalue weighted by molar-refractivity contribution is 6.07. The Morgan fingerprint density at radius 3 is 2.96 bits per heavy atom. The van der Waals surface area contributed by atoms with Gasteiger partial charge in [0.1, 0.15) is 11.5 Å². The molecule has 3 saturated heterocycles. The molecular weight excluding hydrogens is 356 g/mol. The predicted octanol–water partition coefficient (Wildman–Crippen LogP) is 1.61. The average molecular weight is 380 g/mol. The smallest absolute Gasteiger partial charge is 0.230 e. The second kappa shape index (κ2) is 5.45. The highest BCUT2D eigenvalue weighted by Gasteiger charge is 2.68. The van der Waals surface area contributed by atoms with Crippen LogP contribution in [-0.2, 0) is 19.7 Å². The summed E-state index contributed by atoms with van der Waals surface area (Å²) in [6, 6.07) is 5.10. The van der Waals surface area contributed by atoms with Crippen LogP contribution in [0.1, 0.15) is 24.8 Å². The summed E-state index contributed by atoms with van der Waals surface area (Å²) in [5, 5.41) is 10.7. The van der Waals surface area contributed by atoms with Crippen LogP contribution in [0.5, 0.6) is 5.75 Å². The molecule has 1 aromatic carbocycles. The number of phenolic OH excluding ortho intramolecular Hbond substituents is 1. The summed E-state index contributed by atoms with van der Waals surface area (Å²) in [5.41, 5.74) is 1.91. The van der Waals surface area contributed by atoms with Crippen LogP contribution in [0.3, 0.4) is 0 Å². The third-order valence-corrected chi connectivity index (χ3v) is 7.80. The van der Waals surface area contributed by atoms with Gasteiger partial charge in [0, 0.05) is 18.9 Å². The van der Waals surface area contributed by atoms with E-state index in [2.05, 4.69) is 18.0 Å². The third kappa shape index (κ3) is 1.85. The first-order chi connectivity index (χ1) is 13.5. The Morgan fingerprint density at radius 2 is 2.11 bits per heavy atom. The topological polar surface area (TPSA) is 70.1 Å². The molecule has 0 radical (unpaired) electrons. The van der Waals surface area contributed by atoms with E-state index < -0.39 is 5.41 Å². The van der Waals surface area contributed by atoms with Crippen LogP contribution in [0, 0.1) is 11.8 Å². The average Bonchev–Trinajstić information content (AvgIpc) is 2.92. The van der Waals surface area contributed by atoms with Crippen LogP contribution in [-0.4, -0.2) is 60.6 Å². The van der Waals surface area contributed by atoms with Gasteiger partial charge >= 0.3 is 0 Å². The Kier molecular flexibility index (Phi) is 3.26. The number of likely N-dealkylation sites (N-methyl/N-ethyl adjacent to an activating group) is 1. The molecule has 1 amide bonds. The molecule has 6 heteroatoms. The van der Waals surface area contributed by atoms with E-state index in [0.29, 0.717) is 31.6 Å². The molecule has 1 N–H and O–H groups in total. The minimum absolute atomic E-state index is 0.0413. The van der Waals surface area contributed by atoms with Crippen LogP contribution in [0.4, 0.5) is 5.69 Å². The summed E-state index contributed by atoms with van der Waals surface area (Å²) >= 11 is 0. The molecule has 5 atom stereocenters. The van der Waals surface area contributed by atoms with Crippen molar-refractivity contribution in [3.05, 3.63) is 35.4 Å². The lowest BCUT2D eigenvalue weighted by Gasteiger charge is -2.53. The Bertz CT molecular complexity index is 940. The number of ketones is 1. The highest BCUT2D eigenvalue weighted by atomic mass is 16.5. The first-order valence-electron chi connectivity index (χ1n) is 10.2. The quantitative estimate of drug-likeness (QED) is 0.693. The van der Waals surface area contributed by atoms with E-state index in [-0.39, 0.29) is 41.4 Å². The molecule has 7 rings (SSSR count). The number of para-hydroxylation sites is 1. The molecule has 4 bridgehead atoms. The standard InChI is InChI=1S/C22H24N2O4/c1-23-7-6-22-14-3-2-4-15(25)20(14)24-18(27)10-16-19(21(22)24)13(9-17(22)26)12(11-23)5-8-28-16/h2-5,13,16,19,21,25H,6-11H2,1H3/t13-,16-,19-,21-,22?/m0/s1. The lowest BCUT2D eigenvalue weighted by Crippen LogP contribution is -2.66. The molecule has 28 heavy (non-hydrogen) atoms. The number of hydrogen-bond donors (Lipinski definition) is 1. The van der Waals surface area contributed by atoms with Gasteiger partial charge in [-0.3, -0.25) is 9.59 Å². The molecule has 6 aliphatic rings. The number of piperidine rings is 1. The van der Waals surface area contributed by atoms with Gasteiger partial charge in [0.05, 0.1) is 36.3 Å². The molecular formula is C22H24N2O4. The normalized spacial score (nSPS) is 39.0. The van der Waals surface area contributed by atoms with E-state index >= 15 is 0 Å². The zero-order valence-electron chi connectivity index (χ0n) is 15.9. The summed E-state index contributed by atoms with van der Waals surface area (Å²) < 4.78 is 6.17. The van der Waals surface area contributed by atoms with Gasteiger partial charge in [-0.15, -0.1) is 0 Å². The van der Waals surface area contributed by atoms with Crippen molar-refractivity contribution in [2.24, 2.45) is 11.8 Å². The number of benzene rings is 1. The number of carbonyl (C=O) groups is 2. The number of phenols is 1. The van der Waals surface area contributed by atoms with E-state index in [1.165, 1.54) is 5.57 Å². The van der Waals surface area contributed by atoms with Gasteiger partial charge in [0.2, 0.25) is 5.91 Å². The maximum atomic E-state index is 13.8. The second-order valence-electron chi connectivity index (χ2n) is 9.01. The summed E-state index contributed by atoms with van der Waals surface area (Å²) in [6.45, 7) is 2.12. The number of ether oxygens (including phenoxy) is 1. The number of carbonyl (C=O) groups excluding carboxylic acids is 2. The number of nitrogens with zero attached hydrogens (tertiary/aromatic N) is 2. The maximum absolute atomic E-state index is 13.8. The molecule has 1 unspecified atom stereocenters. The van der Waals surface area contributed by atoms with E-state index in [4.69, 9.17) is 4.74 Å². The zero-order chi connectivity index (χ0) is 19.2. The van der Waals surface area contributed by atoms with Crippen molar-refractivity contribution in [1.82, 2.24) is 4.90 Å². The molecule has 4 fully saturated rings. The van der Waals surface area contributed by atoms with Gasteiger partial charge in [-0.25, -0.2) is 0 Å². The SMILES string of the molecule is CN1CCC23C(=O)C[C@H]4C(=CCO[C@H]5CC(=O)N(c6c(O)cccc62)[C@H]3[C@H]54)C1. The van der Waals surface area contributed by atoms with Gasteiger partial charge in [0.15, 0.2) is 0 Å². The van der Waals surface area contributed by atoms with Crippen molar-refractivity contribution >= 4 is 17.4 Å². The Labute approximate surface area is 163 Å². The number of fused-ring (bicyclic) bond motifs is 6. The monoisotopic (exact) mass is 380 g/mol. The fourth-order valence-corrected chi connectivity index (χ4v) is 6.71. The van der Waals surface area contributed by atoms with Gasteiger partial charge < -0.3 is 19.6 Å². The Balaban J connectivity index is 1.67. The fraction of sp³-hybridized carbons (Fsp3) is 0.545. The van der Waals surface area contributed by atoms with Crippen molar-refractivity contribution in [2.75, 3.05) is 31.6 Å². The lowest BCUT2D eigenvalue weighted by atomic mass is 9.55. The van der Waals surface area contributed by atoms with Crippen LogP contribution >= 0.6 is 0 Å². The predicted molar refractivity (Wildman–Crippen MR) is 102 cm³/mol. The summed E-state index contributed by atoms with van der Waals surface area (Å²) in [4.78, 5) is 31.1. The summed E-state index contributed by atoms with van der Waals surface area (Å²) in [6.07, 6.45) is 3.44. The first kappa shape index (κ1) is 16.7. The maximum Gasteiger partial charge on any atom is 0.230 e. The third-order valence-electron chi connectivity index (χ3n) is 7.80. The summed E-state index contributed by atoms with van der Waals surface area (Å²) in [5.74, 6) is 0.455. The highest BCUT2D eigenvalue weighted by Crippen LogP contribution is 2.62. The van der Waals surface area contributed by atoms with E-state index in [0.717, 1.165) is 18.7 Å². The molecule has 6 nitrogen and oxygen atoms in total. The van der Waals surface area contributed by atoms with Gasteiger partial charge in [-0.2, -0.15) is 0 Å². The van der Waals surface area contributed by atoms with E-state index in [1.54, 1.807) is 17.0 Å². The number of Topliss-reactive ketones (excluding diaryl/α,β-unsaturated/α-hetero) is 1. The number of amides is 1. The molecule has 5 heterocycles. The van der Waals surface area contributed by atoms with Crippen molar-refractivity contribution in [2.45, 2.75) is 36.8 Å². The van der Waals surface area contributed by atoms with Gasteiger partial charge in [-0.05, 0) is 37.6 Å². The van der Waals surface area contributed by atoms with Crippen molar-refractivity contribution in [3.8, 4) is 5.75 Å². The molecule has 1 aromatic rings. The van der Waals surface area contributed by atoms with Gasteiger partial charge in [0.25, 0.3) is 0 Å². The van der Waals surface area contributed by atoms with Crippen LogP contribution in [0.2, 0.25) is 0 Å². The number of aromatic hydroxyl groups is 1. The number of anilines is 1. The Morgan fingerprint density at radius 1 is 1.25 bits per heavy atom. The lowest BCUT2D eigenvalue weighted by molar-refractivity contribution is -0.140. The van der Waals surface area contributed by atoms with Gasteiger partial charge in [-0.1, -0.05) is 23.8 Å². The summed E-state index contributed by atoms with van der Waals surface area (Å²) in [7, 11) is 2.10. The van der Waals surface area contributed by atoms with E-state index in [1.807, 2.05) is 6.07 Å². The fourth-order valence-electron chi connectivity index (χ4n) is 6.71. The first-order valence-corrected chi connectivity index (χ1v) is 10.2. The Hall–Kier alpha value is -2.18. The molecule has 5 aliphatic heterocycles. The minimum Gasteiger partial charge on any atom is -0.506 e. The number of rotatable bonds is 0. The second-order valence-corrected chi connectivity index (χ2v) is 9.01. The molecule has 0 aromatic heterocycles. The number of hydrogen-bond acceptors (Lipinski definition) is 5. The minimum atomic E-state index is -0.749. The molecule has 1 saturated carbocycles. The van der Waals surface area contributed by atoms with Crippen molar-refractivity contribution < 1.29 is 19.4 Å². The van der Waals surface area contributed by atoms with E-state index in [9.17, 15) is 14.7 Å². The van der Waals surface area contributed by atoms with Crippen LogP contribution < -0.4 is 4.90 Å². The van der Waals surface area contributed by atoms with Crippen LogP contribution in [0.15, 0.2) is 29.8 Å². The van der Waals surface area contributed by atoms with Crippen molar-refractivity contribution in [3.63, 3.8) is 0 Å². The van der Waals surface area contributed by atoms with Crippen molar-refractivity contribution in [1.29, 1.82) is 0 Å². The zero-order valence-corrected chi connectivity index (χ0v) is 15.9.